The lowest BCUT2D eigenvalue weighted by molar-refractivity contribution is 0.494. The molecule has 1 N–H and O–H groups in total. The van der Waals surface area contributed by atoms with Crippen molar-refractivity contribution in [3.05, 3.63) is 12.7 Å². The zero-order valence-corrected chi connectivity index (χ0v) is 10.7. The van der Waals surface area contributed by atoms with E-state index in [0.29, 0.717) is 19.0 Å². The molecule has 90 valence electrons. The van der Waals surface area contributed by atoms with Gasteiger partial charge in [-0.05, 0) is 13.0 Å². The molecule has 0 spiro atoms. The summed E-state index contributed by atoms with van der Waals surface area (Å²) in [5.41, 5.74) is 0. The Balaban J connectivity index is 3.89. The van der Waals surface area contributed by atoms with E-state index in [1.54, 1.807) is 13.1 Å². The van der Waals surface area contributed by atoms with Crippen LogP contribution >= 0.6 is 0 Å². The molecule has 4 nitrogen and oxygen atoms in total. The Morgan fingerprint density at radius 2 is 2.07 bits per heavy atom. The molecule has 0 fully saturated rings. The molecule has 0 bridgehead atoms. The molecule has 0 aliphatic rings. The van der Waals surface area contributed by atoms with Crippen molar-refractivity contribution >= 4 is 10.0 Å². The van der Waals surface area contributed by atoms with Crippen molar-refractivity contribution in [3.63, 3.8) is 0 Å². The minimum absolute atomic E-state index is 0.192. The number of hydrogen-bond donors (Lipinski definition) is 1. The fourth-order valence-electron chi connectivity index (χ4n) is 1.10. The van der Waals surface area contributed by atoms with Crippen LogP contribution in [-0.4, -0.2) is 44.7 Å². The molecule has 5 heteroatoms. The van der Waals surface area contributed by atoms with Crippen LogP contribution in [0.1, 0.15) is 20.3 Å². The third kappa shape index (κ3) is 6.65. The molecule has 0 aliphatic heterocycles. The summed E-state index contributed by atoms with van der Waals surface area (Å²) >= 11 is 0. The highest BCUT2D eigenvalue weighted by Crippen LogP contribution is 1.99. The lowest BCUT2D eigenvalue weighted by Crippen LogP contribution is -2.31. The zero-order chi connectivity index (χ0) is 11.9. The van der Waals surface area contributed by atoms with Crippen LogP contribution in [-0.2, 0) is 10.0 Å². The maximum atomic E-state index is 11.6. The molecule has 0 rings (SSSR count). The van der Waals surface area contributed by atoms with Gasteiger partial charge in [0.1, 0.15) is 0 Å². The second-order valence-corrected chi connectivity index (χ2v) is 6.04. The van der Waals surface area contributed by atoms with Crippen LogP contribution in [0, 0.1) is 0 Å². The van der Waals surface area contributed by atoms with Crippen molar-refractivity contribution in [2.75, 3.05) is 25.9 Å². The molecule has 0 aliphatic carbocycles. The van der Waals surface area contributed by atoms with E-state index in [1.807, 2.05) is 13.8 Å². The molecule has 0 heterocycles. The number of nitrogens with one attached hydrogen (secondary N) is 1. The molecular formula is C10H22N2O2S. The predicted octanol–water partition coefficient (Wildman–Crippen LogP) is 0.822. The van der Waals surface area contributed by atoms with E-state index in [0.717, 1.165) is 6.54 Å². The molecule has 0 atom stereocenters. The molecule has 0 saturated carbocycles. The molecular weight excluding hydrogens is 212 g/mol. The zero-order valence-electron chi connectivity index (χ0n) is 9.86. The third-order valence-corrected chi connectivity index (χ3v) is 3.90. The van der Waals surface area contributed by atoms with Gasteiger partial charge in [0.2, 0.25) is 10.0 Å². The second kappa shape index (κ2) is 6.98. The van der Waals surface area contributed by atoms with Gasteiger partial charge in [0.15, 0.2) is 0 Å². The largest absolute Gasteiger partial charge is 0.314 e. The molecule has 15 heavy (non-hydrogen) atoms. The van der Waals surface area contributed by atoms with E-state index in [9.17, 15) is 8.42 Å². The number of likely N-dealkylation sites (N-methyl/N-ethyl adjacent to an activating group) is 1. The molecule has 0 saturated heterocycles. The van der Waals surface area contributed by atoms with E-state index in [2.05, 4.69) is 11.9 Å². The van der Waals surface area contributed by atoms with Crippen molar-refractivity contribution in [3.8, 4) is 0 Å². The molecule has 0 aromatic rings. The number of nitrogens with zero attached hydrogens (tertiary/aromatic N) is 1. The summed E-state index contributed by atoms with van der Waals surface area (Å²) in [6, 6.07) is 0.401. The summed E-state index contributed by atoms with van der Waals surface area (Å²) in [6.07, 6.45) is 2.23. The van der Waals surface area contributed by atoms with Gasteiger partial charge in [0.05, 0.1) is 5.75 Å². The summed E-state index contributed by atoms with van der Waals surface area (Å²) < 4.78 is 24.6. The van der Waals surface area contributed by atoms with Crippen LogP contribution in [0.4, 0.5) is 0 Å². The van der Waals surface area contributed by atoms with Gasteiger partial charge in [-0.1, -0.05) is 19.9 Å². The first-order valence-corrected chi connectivity index (χ1v) is 6.79. The highest BCUT2D eigenvalue weighted by Gasteiger charge is 2.15. The predicted molar refractivity (Wildman–Crippen MR) is 64.4 cm³/mol. The Labute approximate surface area is 93.4 Å². The summed E-state index contributed by atoms with van der Waals surface area (Å²) in [6.45, 7) is 8.71. The summed E-state index contributed by atoms with van der Waals surface area (Å²) in [4.78, 5) is 0. The maximum absolute atomic E-state index is 11.6. The van der Waals surface area contributed by atoms with Crippen LogP contribution in [0.15, 0.2) is 12.7 Å². The van der Waals surface area contributed by atoms with Crippen LogP contribution in [0.2, 0.25) is 0 Å². The Morgan fingerprint density at radius 3 is 2.53 bits per heavy atom. The first kappa shape index (κ1) is 14.6. The first-order chi connectivity index (χ1) is 6.90. The van der Waals surface area contributed by atoms with Crippen LogP contribution in [0.25, 0.3) is 0 Å². The van der Waals surface area contributed by atoms with Crippen molar-refractivity contribution in [2.24, 2.45) is 0 Å². The number of hydrogen-bond acceptors (Lipinski definition) is 3. The number of sulfonamides is 1. The highest BCUT2D eigenvalue weighted by molar-refractivity contribution is 7.89. The third-order valence-electron chi connectivity index (χ3n) is 1.99. The molecule has 0 aromatic carbocycles. The minimum Gasteiger partial charge on any atom is -0.314 e. The number of rotatable bonds is 8. The monoisotopic (exact) mass is 234 g/mol. The minimum atomic E-state index is -3.10. The van der Waals surface area contributed by atoms with E-state index in [1.165, 1.54) is 4.31 Å². The van der Waals surface area contributed by atoms with Crippen LogP contribution in [0.3, 0.4) is 0 Å². The van der Waals surface area contributed by atoms with E-state index >= 15 is 0 Å². The Morgan fingerprint density at radius 1 is 1.47 bits per heavy atom. The van der Waals surface area contributed by atoms with Gasteiger partial charge in [0.25, 0.3) is 0 Å². The summed E-state index contributed by atoms with van der Waals surface area (Å²) in [5, 5.41) is 3.19. The van der Waals surface area contributed by atoms with Crippen LogP contribution in [0.5, 0.6) is 0 Å². The molecule has 0 amide bonds. The maximum Gasteiger partial charge on any atom is 0.214 e. The van der Waals surface area contributed by atoms with Gasteiger partial charge in [-0.25, -0.2) is 12.7 Å². The van der Waals surface area contributed by atoms with Gasteiger partial charge in [0, 0.05) is 19.6 Å². The smallest absolute Gasteiger partial charge is 0.214 e. The van der Waals surface area contributed by atoms with E-state index < -0.39 is 10.0 Å². The summed E-state index contributed by atoms with van der Waals surface area (Å²) in [5.74, 6) is 0.192. The average Bonchev–Trinajstić information content (AvgIpc) is 2.12. The lowest BCUT2D eigenvalue weighted by Gasteiger charge is -2.15. The van der Waals surface area contributed by atoms with Crippen molar-refractivity contribution in [1.29, 1.82) is 0 Å². The molecule has 0 unspecified atom stereocenters. The first-order valence-electron chi connectivity index (χ1n) is 5.18. The quantitative estimate of drug-likeness (QED) is 0.500. The topological polar surface area (TPSA) is 49.4 Å². The van der Waals surface area contributed by atoms with Crippen molar-refractivity contribution in [1.82, 2.24) is 9.62 Å². The normalized spacial score (nSPS) is 12.3. The average molecular weight is 234 g/mol. The Bertz CT molecular complexity index is 273. The van der Waals surface area contributed by atoms with Gasteiger partial charge < -0.3 is 5.32 Å². The van der Waals surface area contributed by atoms with Gasteiger partial charge >= 0.3 is 0 Å². The molecule has 0 aromatic heterocycles. The fraction of sp³-hybridized carbons (Fsp3) is 0.800. The SMILES string of the molecule is C=CCN(C)S(=O)(=O)CCCNC(C)C. The Hall–Kier alpha value is -0.390. The van der Waals surface area contributed by atoms with Gasteiger partial charge in [-0.3, -0.25) is 0 Å². The van der Waals surface area contributed by atoms with E-state index in [-0.39, 0.29) is 5.75 Å². The van der Waals surface area contributed by atoms with Gasteiger partial charge in [-0.2, -0.15) is 0 Å². The Kier molecular flexibility index (Phi) is 6.80. The second-order valence-electron chi connectivity index (χ2n) is 3.85. The van der Waals surface area contributed by atoms with E-state index in [4.69, 9.17) is 0 Å². The van der Waals surface area contributed by atoms with Gasteiger partial charge in [-0.15, -0.1) is 6.58 Å². The standard InChI is InChI=1S/C10H22N2O2S/c1-5-8-12(4)15(13,14)9-6-7-11-10(2)3/h5,10-11H,1,6-9H2,2-4H3. The molecule has 0 radical (unpaired) electrons. The van der Waals surface area contributed by atoms with Crippen molar-refractivity contribution in [2.45, 2.75) is 26.3 Å². The fourth-order valence-corrected chi connectivity index (χ4v) is 2.25. The van der Waals surface area contributed by atoms with Crippen LogP contribution < -0.4 is 5.32 Å². The summed E-state index contributed by atoms with van der Waals surface area (Å²) in [7, 11) is -1.52. The lowest BCUT2D eigenvalue weighted by atomic mass is 10.4. The van der Waals surface area contributed by atoms with Crippen molar-refractivity contribution < 1.29 is 8.42 Å². The highest BCUT2D eigenvalue weighted by atomic mass is 32.2.